The molecule has 1 aliphatic heterocycles. The summed E-state index contributed by atoms with van der Waals surface area (Å²) in [4.78, 5) is 31.7. The first-order valence-electron chi connectivity index (χ1n) is 6.91. The number of nitrogens with one attached hydrogen (secondary N) is 1. The van der Waals surface area contributed by atoms with Crippen LogP contribution in [0.1, 0.15) is 18.5 Å². The fourth-order valence-corrected chi connectivity index (χ4v) is 2.20. The lowest BCUT2D eigenvalue weighted by Crippen LogP contribution is -2.44. The molecule has 8 heteroatoms. The van der Waals surface area contributed by atoms with Crippen LogP contribution in [-0.4, -0.2) is 58.3 Å². The van der Waals surface area contributed by atoms with Gasteiger partial charge in [-0.1, -0.05) is 0 Å². The summed E-state index contributed by atoms with van der Waals surface area (Å²) in [5.74, 6) is 0.118. The molecule has 2 rings (SSSR count). The van der Waals surface area contributed by atoms with Crippen molar-refractivity contribution in [3.8, 4) is 0 Å². The van der Waals surface area contributed by atoms with E-state index in [0.717, 1.165) is 12.8 Å². The van der Waals surface area contributed by atoms with Crippen molar-refractivity contribution >= 4 is 24.0 Å². The van der Waals surface area contributed by atoms with E-state index in [4.69, 9.17) is 5.11 Å². The number of carboxylic acid groups (broad SMARTS) is 1. The molecular weight excluding hydrogens is 288 g/mol. The smallest absolute Gasteiger partial charge is 0.407 e. The number of ether oxygens (including phenoxy) is 1. The molecule has 1 aromatic heterocycles. The number of methoxy groups -OCH3 is 1. The van der Waals surface area contributed by atoms with Gasteiger partial charge in [0.15, 0.2) is 0 Å². The number of esters is 1. The van der Waals surface area contributed by atoms with Crippen LogP contribution >= 0.6 is 0 Å². The number of carbonyl (C=O) groups is 2. The highest BCUT2D eigenvalue weighted by molar-refractivity contribution is 5.86. The number of likely N-dealkylation sites (tertiary alicyclic amines) is 1. The molecule has 0 spiro atoms. The zero-order valence-corrected chi connectivity index (χ0v) is 12.2. The van der Waals surface area contributed by atoms with E-state index in [0.29, 0.717) is 24.6 Å². The minimum Gasteiger partial charge on any atom is -0.466 e. The van der Waals surface area contributed by atoms with E-state index in [1.54, 1.807) is 6.20 Å². The molecule has 2 heterocycles. The fraction of sp³-hybridized carbons (Fsp3) is 0.429. The standard InChI is InChI=1S/C14H18N4O4/c1-22-13(19)5-4-10-7-16-12(8-15-10)17-11-3-2-6-18(9-11)14(20)21/h4-5,7-8,11H,2-3,6,9H2,1H3,(H,16,17)(H,20,21)/t11-/m1/s1. The van der Waals surface area contributed by atoms with Gasteiger partial charge in [0.05, 0.1) is 25.2 Å². The van der Waals surface area contributed by atoms with Gasteiger partial charge in [0.1, 0.15) is 5.82 Å². The first kappa shape index (κ1) is 15.7. The maximum absolute atomic E-state index is 11.0. The first-order valence-corrected chi connectivity index (χ1v) is 6.91. The molecule has 118 valence electrons. The largest absolute Gasteiger partial charge is 0.466 e. The molecular formula is C14H18N4O4. The summed E-state index contributed by atoms with van der Waals surface area (Å²) in [6, 6.07) is 0.0237. The Balaban J connectivity index is 1.92. The fourth-order valence-electron chi connectivity index (χ4n) is 2.20. The van der Waals surface area contributed by atoms with Crippen LogP contribution in [0.25, 0.3) is 6.08 Å². The molecule has 0 aromatic carbocycles. The van der Waals surface area contributed by atoms with Crippen LogP contribution in [0.4, 0.5) is 10.6 Å². The Labute approximate surface area is 127 Å². The zero-order valence-electron chi connectivity index (χ0n) is 12.2. The molecule has 0 radical (unpaired) electrons. The number of anilines is 1. The van der Waals surface area contributed by atoms with Gasteiger partial charge in [-0.15, -0.1) is 0 Å². The summed E-state index contributed by atoms with van der Waals surface area (Å²) in [6.07, 6.45) is 6.65. The van der Waals surface area contributed by atoms with Gasteiger partial charge in [0, 0.05) is 25.2 Å². The van der Waals surface area contributed by atoms with Crippen LogP contribution in [-0.2, 0) is 9.53 Å². The van der Waals surface area contributed by atoms with Gasteiger partial charge in [-0.05, 0) is 18.9 Å². The number of nitrogens with zero attached hydrogens (tertiary/aromatic N) is 3. The summed E-state index contributed by atoms with van der Waals surface area (Å²) in [7, 11) is 1.30. The van der Waals surface area contributed by atoms with E-state index in [9.17, 15) is 9.59 Å². The summed E-state index contributed by atoms with van der Waals surface area (Å²) in [5, 5.41) is 12.2. The Morgan fingerprint density at radius 2 is 2.27 bits per heavy atom. The Bertz CT molecular complexity index is 558. The van der Waals surface area contributed by atoms with Crippen molar-refractivity contribution < 1.29 is 19.4 Å². The number of hydrogen-bond donors (Lipinski definition) is 2. The molecule has 1 atom stereocenters. The second kappa shape index (κ2) is 7.39. The van der Waals surface area contributed by atoms with Crippen LogP contribution in [0.15, 0.2) is 18.5 Å². The van der Waals surface area contributed by atoms with Crippen molar-refractivity contribution in [2.24, 2.45) is 0 Å². The third kappa shape index (κ3) is 4.44. The maximum Gasteiger partial charge on any atom is 0.407 e. The van der Waals surface area contributed by atoms with Gasteiger partial charge in [-0.25, -0.2) is 14.6 Å². The highest BCUT2D eigenvalue weighted by atomic mass is 16.5. The summed E-state index contributed by atoms with van der Waals surface area (Å²) in [5.41, 5.74) is 0.534. The highest BCUT2D eigenvalue weighted by Gasteiger charge is 2.23. The quantitative estimate of drug-likeness (QED) is 0.636. The first-order chi connectivity index (χ1) is 10.6. The second-order valence-corrected chi connectivity index (χ2v) is 4.90. The van der Waals surface area contributed by atoms with Gasteiger partial charge in [0.2, 0.25) is 0 Å². The number of carbonyl (C=O) groups excluding carboxylic acids is 1. The van der Waals surface area contributed by atoms with Crippen molar-refractivity contribution in [3.63, 3.8) is 0 Å². The molecule has 1 fully saturated rings. The van der Waals surface area contributed by atoms with E-state index in [1.165, 1.54) is 30.4 Å². The predicted octanol–water partition coefficient (Wildman–Crippen LogP) is 1.22. The molecule has 0 aliphatic carbocycles. The Morgan fingerprint density at radius 3 is 2.91 bits per heavy atom. The Morgan fingerprint density at radius 1 is 1.45 bits per heavy atom. The maximum atomic E-state index is 11.0. The summed E-state index contributed by atoms with van der Waals surface area (Å²) < 4.78 is 4.49. The van der Waals surface area contributed by atoms with E-state index < -0.39 is 12.1 Å². The molecule has 1 aromatic rings. The van der Waals surface area contributed by atoms with Crippen LogP contribution in [0.2, 0.25) is 0 Å². The number of aromatic nitrogens is 2. The van der Waals surface area contributed by atoms with Crippen LogP contribution in [0, 0.1) is 0 Å². The van der Waals surface area contributed by atoms with Crippen molar-refractivity contribution in [1.82, 2.24) is 14.9 Å². The SMILES string of the molecule is COC(=O)C=Cc1cnc(N[C@@H]2CCCN(C(=O)O)C2)cn1. The van der Waals surface area contributed by atoms with Crippen LogP contribution in [0.3, 0.4) is 0 Å². The Kier molecular flexibility index (Phi) is 5.29. The van der Waals surface area contributed by atoms with Gasteiger partial charge in [-0.2, -0.15) is 0 Å². The van der Waals surface area contributed by atoms with E-state index in [1.807, 2.05) is 0 Å². The average Bonchev–Trinajstić information content (AvgIpc) is 2.54. The van der Waals surface area contributed by atoms with Crippen molar-refractivity contribution in [1.29, 1.82) is 0 Å². The predicted molar refractivity (Wildman–Crippen MR) is 79.3 cm³/mol. The van der Waals surface area contributed by atoms with Gasteiger partial charge in [-0.3, -0.25) is 4.98 Å². The summed E-state index contributed by atoms with van der Waals surface area (Å²) >= 11 is 0. The summed E-state index contributed by atoms with van der Waals surface area (Å²) in [6.45, 7) is 0.997. The van der Waals surface area contributed by atoms with Gasteiger partial charge < -0.3 is 20.1 Å². The monoisotopic (exact) mass is 306 g/mol. The molecule has 22 heavy (non-hydrogen) atoms. The molecule has 1 aliphatic rings. The molecule has 2 N–H and O–H groups in total. The third-order valence-corrected chi connectivity index (χ3v) is 3.31. The number of rotatable bonds is 4. The number of piperidine rings is 1. The molecule has 0 bridgehead atoms. The van der Waals surface area contributed by atoms with Crippen LogP contribution < -0.4 is 5.32 Å². The third-order valence-electron chi connectivity index (χ3n) is 3.31. The van der Waals surface area contributed by atoms with Gasteiger partial charge in [0.25, 0.3) is 0 Å². The van der Waals surface area contributed by atoms with Crippen molar-refractivity contribution in [3.05, 3.63) is 24.2 Å². The minimum atomic E-state index is -0.902. The van der Waals surface area contributed by atoms with Gasteiger partial charge >= 0.3 is 12.1 Å². The van der Waals surface area contributed by atoms with Crippen molar-refractivity contribution in [2.45, 2.75) is 18.9 Å². The van der Waals surface area contributed by atoms with E-state index in [2.05, 4.69) is 20.0 Å². The molecule has 0 unspecified atom stereocenters. The number of amides is 1. The minimum absolute atomic E-state index is 0.0237. The molecule has 0 saturated carbocycles. The zero-order chi connectivity index (χ0) is 15.9. The second-order valence-electron chi connectivity index (χ2n) is 4.90. The van der Waals surface area contributed by atoms with E-state index in [-0.39, 0.29) is 6.04 Å². The molecule has 8 nitrogen and oxygen atoms in total. The lowest BCUT2D eigenvalue weighted by Gasteiger charge is -2.31. The molecule has 1 amide bonds. The number of hydrogen-bond acceptors (Lipinski definition) is 6. The van der Waals surface area contributed by atoms with Crippen molar-refractivity contribution in [2.75, 3.05) is 25.5 Å². The van der Waals surface area contributed by atoms with E-state index >= 15 is 0 Å². The lowest BCUT2D eigenvalue weighted by atomic mass is 10.1. The lowest BCUT2D eigenvalue weighted by molar-refractivity contribution is -0.134. The highest BCUT2D eigenvalue weighted by Crippen LogP contribution is 2.14. The molecule has 1 saturated heterocycles. The topological polar surface area (TPSA) is 105 Å². The average molecular weight is 306 g/mol. The van der Waals surface area contributed by atoms with Crippen LogP contribution in [0.5, 0.6) is 0 Å². The normalized spacial score (nSPS) is 18.2. The Hall–Kier alpha value is -2.64.